The molecule has 0 aromatic carbocycles. The Bertz CT molecular complexity index is 853. The first-order chi connectivity index (χ1) is 12.3. The molecule has 0 unspecified atom stereocenters. The minimum atomic E-state index is 0.287. The molecule has 0 radical (unpaired) electrons. The smallest absolute Gasteiger partial charge is 0.228 e. The molecule has 3 aromatic rings. The van der Waals surface area contributed by atoms with E-state index < -0.39 is 0 Å². The molecule has 126 valence electrons. The summed E-state index contributed by atoms with van der Waals surface area (Å²) in [6, 6.07) is 8.24. The predicted molar refractivity (Wildman–Crippen MR) is 95.6 cm³/mol. The second-order valence-electron chi connectivity index (χ2n) is 6.04. The Morgan fingerprint density at radius 2 is 1.92 bits per heavy atom. The van der Waals surface area contributed by atoms with E-state index in [-0.39, 0.29) is 6.04 Å². The maximum Gasteiger partial charge on any atom is 0.228 e. The fourth-order valence-corrected chi connectivity index (χ4v) is 3.19. The molecule has 1 saturated heterocycles. The Hall–Kier alpha value is -3.09. The predicted octanol–water partition coefficient (Wildman–Crippen LogP) is 3.06. The summed E-state index contributed by atoms with van der Waals surface area (Å²) >= 11 is 0. The van der Waals surface area contributed by atoms with Crippen LogP contribution in [0.4, 0.5) is 17.6 Å². The van der Waals surface area contributed by atoms with Crippen molar-refractivity contribution in [3.8, 4) is 0 Å². The van der Waals surface area contributed by atoms with Gasteiger partial charge in [-0.2, -0.15) is 0 Å². The highest BCUT2D eigenvalue weighted by Crippen LogP contribution is 2.35. The van der Waals surface area contributed by atoms with Crippen molar-refractivity contribution in [1.29, 1.82) is 0 Å². The van der Waals surface area contributed by atoms with Crippen LogP contribution in [0.3, 0.4) is 0 Å². The van der Waals surface area contributed by atoms with E-state index in [2.05, 4.69) is 47.3 Å². The third-order valence-corrected chi connectivity index (χ3v) is 4.31. The molecular formula is C18H19N7. The van der Waals surface area contributed by atoms with Gasteiger partial charge in [0, 0.05) is 36.9 Å². The molecule has 7 heteroatoms. The zero-order chi connectivity index (χ0) is 17.1. The molecular weight excluding hydrogens is 314 g/mol. The molecule has 0 aliphatic carbocycles. The molecule has 0 bridgehead atoms. The maximum atomic E-state index is 4.45. The van der Waals surface area contributed by atoms with Gasteiger partial charge in [-0.05, 0) is 43.5 Å². The lowest BCUT2D eigenvalue weighted by Gasteiger charge is -2.26. The highest BCUT2D eigenvalue weighted by atomic mass is 15.2. The van der Waals surface area contributed by atoms with Gasteiger partial charge in [0.05, 0.1) is 6.04 Å². The van der Waals surface area contributed by atoms with Crippen LogP contribution < -0.4 is 10.2 Å². The van der Waals surface area contributed by atoms with Crippen molar-refractivity contribution in [3.63, 3.8) is 0 Å². The Morgan fingerprint density at radius 3 is 2.76 bits per heavy atom. The monoisotopic (exact) mass is 333 g/mol. The van der Waals surface area contributed by atoms with Crippen LogP contribution in [0.1, 0.15) is 30.1 Å². The van der Waals surface area contributed by atoms with Crippen LogP contribution in [0.5, 0.6) is 0 Å². The molecule has 1 fully saturated rings. The van der Waals surface area contributed by atoms with E-state index in [1.807, 2.05) is 19.2 Å². The van der Waals surface area contributed by atoms with Gasteiger partial charge < -0.3 is 10.2 Å². The lowest BCUT2D eigenvalue weighted by atomic mass is 10.1. The average molecular weight is 333 g/mol. The van der Waals surface area contributed by atoms with Crippen molar-refractivity contribution in [2.24, 2.45) is 0 Å². The molecule has 1 aliphatic heterocycles. The summed E-state index contributed by atoms with van der Waals surface area (Å²) in [4.78, 5) is 23.7. The van der Waals surface area contributed by atoms with Crippen molar-refractivity contribution in [2.75, 3.05) is 16.8 Å². The van der Waals surface area contributed by atoms with E-state index in [0.717, 1.165) is 36.7 Å². The number of rotatable bonds is 4. The second kappa shape index (κ2) is 6.80. The Morgan fingerprint density at radius 1 is 1.04 bits per heavy atom. The standard InChI is InChI=1S/C18H19N7/c1-13-10-17(23-12-22-13)25-9-2-4-15(25)14-5-8-19-16(11-14)24-18-20-6-3-7-21-18/h3,5-8,10-12,15H,2,4,9H2,1H3,(H,19,20,21,24)/t15-/m1/s1. The highest BCUT2D eigenvalue weighted by Gasteiger charge is 2.27. The number of aryl methyl sites for hydroxylation is 1. The third-order valence-electron chi connectivity index (χ3n) is 4.31. The van der Waals surface area contributed by atoms with Crippen LogP contribution >= 0.6 is 0 Å². The summed E-state index contributed by atoms with van der Waals surface area (Å²) in [5.41, 5.74) is 2.19. The number of pyridine rings is 1. The summed E-state index contributed by atoms with van der Waals surface area (Å²) in [7, 11) is 0. The third kappa shape index (κ3) is 3.40. The molecule has 0 amide bonds. The van der Waals surface area contributed by atoms with Gasteiger partial charge in [-0.15, -0.1) is 0 Å². The average Bonchev–Trinajstić information content (AvgIpc) is 3.13. The molecule has 25 heavy (non-hydrogen) atoms. The van der Waals surface area contributed by atoms with E-state index in [0.29, 0.717) is 5.95 Å². The van der Waals surface area contributed by atoms with Gasteiger partial charge in [0.1, 0.15) is 18.0 Å². The summed E-state index contributed by atoms with van der Waals surface area (Å²) in [5, 5.41) is 3.15. The number of nitrogens with zero attached hydrogens (tertiary/aromatic N) is 6. The van der Waals surface area contributed by atoms with Crippen LogP contribution in [-0.4, -0.2) is 31.5 Å². The summed E-state index contributed by atoms with van der Waals surface area (Å²) < 4.78 is 0. The molecule has 1 N–H and O–H groups in total. The molecule has 0 spiro atoms. The van der Waals surface area contributed by atoms with Gasteiger partial charge in [0.25, 0.3) is 0 Å². The lowest BCUT2D eigenvalue weighted by Crippen LogP contribution is -2.23. The molecule has 0 saturated carbocycles. The zero-order valence-corrected chi connectivity index (χ0v) is 14.0. The molecule has 3 aromatic heterocycles. The molecule has 7 nitrogen and oxygen atoms in total. The number of anilines is 3. The Labute approximate surface area is 146 Å². The van der Waals surface area contributed by atoms with E-state index >= 15 is 0 Å². The largest absolute Gasteiger partial charge is 0.349 e. The van der Waals surface area contributed by atoms with Crippen molar-refractivity contribution >= 4 is 17.6 Å². The number of hydrogen-bond acceptors (Lipinski definition) is 7. The molecule has 4 rings (SSSR count). The number of nitrogens with one attached hydrogen (secondary N) is 1. The van der Waals surface area contributed by atoms with E-state index in [1.165, 1.54) is 5.56 Å². The highest BCUT2D eigenvalue weighted by molar-refractivity contribution is 5.51. The topological polar surface area (TPSA) is 79.7 Å². The number of aromatic nitrogens is 5. The minimum Gasteiger partial charge on any atom is -0.349 e. The van der Waals surface area contributed by atoms with Gasteiger partial charge in [-0.3, -0.25) is 0 Å². The summed E-state index contributed by atoms with van der Waals surface area (Å²) in [6.07, 6.45) is 9.09. The first-order valence-electron chi connectivity index (χ1n) is 8.35. The van der Waals surface area contributed by atoms with Gasteiger partial charge in [0.2, 0.25) is 5.95 Å². The van der Waals surface area contributed by atoms with Crippen LogP contribution in [-0.2, 0) is 0 Å². The molecule has 1 aliphatic rings. The van der Waals surface area contributed by atoms with Crippen LogP contribution in [0.25, 0.3) is 0 Å². The number of hydrogen-bond donors (Lipinski definition) is 1. The van der Waals surface area contributed by atoms with Gasteiger partial charge in [-0.25, -0.2) is 24.9 Å². The van der Waals surface area contributed by atoms with E-state index in [1.54, 1.807) is 24.8 Å². The van der Waals surface area contributed by atoms with Gasteiger partial charge >= 0.3 is 0 Å². The van der Waals surface area contributed by atoms with E-state index in [4.69, 9.17) is 0 Å². The van der Waals surface area contributed by atoms with Crippen molar-refractivity contribution in [1.82, 2.24) is 24.9 Å². The fraction of sp³-hybridized carbons (Fsp3) is 0.278. The van der Waals surface area contributed by atoms with Gasteiger partial charge in [-0.1, -0.05) is 0 Å². The van der Waals surface area contributed by atoms with Crippen LogP contribution in [0.2, 0.25) is 0 Å². The maximum absolute atomic E-state index is 4.45. The van der Waals surface area contributed by atoms with Crippen LogP contribution in [0.15, 0.2) is 49.2 Å². The van der Waals surface area contributed by atoms with Crippen molar-refractivity contribution < 1.29 is 0 Å². The molecule has 1 atom stereocenters. The van der Waals surface area contributed by atoms with Crippen molar-refractivity contribution in [3.05, 3.63) is 60.4 Å². The fourth-order valence-electron chi connectivity index (χ4n) is 3.19. The first kappa shape index (κ1) is 15.4. The lowest BCUT2D eigenvalue weighted by molar-refractivity contribution is 0.709. The SMILES string of the molecule is Cc1cc(N2CCC[C@@H]2c2ccnc(Nc3ncccn3)c2)ncn1. The quantitative estimate of drug-likeness (QED) is 0.786. The van der Waals surface area contributed by atoms with Crippen molar-refractivity contribution in [2.45, 2.75) is 25.8 Å². The Balaban J connectivity index is 1.59. The van der Waals surface area contributed by atoms with E-state index in [9.17, 15) is 0 Å². The normalized spacial score (nSPS) is 16.8. The minimum absolute atomic E-state index is 0.287. The Kier molecular flexibility index (Phi) is 4.20. The molecule has 4 heterocycles. The first-order valence-corrected chi connectivity index (χ1v) is 8.35. The zero-order valence-electron chi connectivity index (χ0n) is 14.0. The summed E-state index contributed by atoms with van der Waals surface area (Å²) in [6.45, 7) is 2.98. The van der Waals surface area contributed by atoms with Crippen LogP contribution in [0, 0.1) is 6.92 Å². The van der Waals surface area contributed by atoms with Gasteiger partial charge in [0.15, 0.2) is 0 Å². The second-order valence-corrected chi connectivity index (χ2v) is 6.04. The summed E-state index contributed by atoms with van der Waals surface area (Å²) in [5.74, 6) is 2.27.